The van der Waals surface area contributed by atoms with Crippen LogP contribution in [-0.2, 0) is 16.3 Å². The van der Waals surface area contributed by atoms with Crippen molar-refractivity contribution in [1.82, 2.24) is 4.98 Å². The van der Waals surface area contributed by atoms with Crippen molar-refractivity contribution in [3.05, 3.63) is 63.1 Å². The summed E-state index contributed by atoms with van der Waals surface area (Å²) in [6, 6.07) is 10.4. The third kappa shape index (κ3) is 5.24. The summed E-state index contributed by atoms with van der Waals surface area (Å²) in [6.45, 7) is 1.25. The lowest BCUT2D eigenvalue weighted by molar-refractivity contribution is 0.385. The number of thiazole rings is 1. The van der Waals surface area contributed by atoms with Crippen LogP contribution in [0.1, 0.15) is 24.1 Å². The van der Waals surface area contributed by atoms with Crippen LogP contribution in [0.25, 0.3) is 0 Å². The lowest BCUT2D eigenvalue weighted by atomic mass is 10.1. The van der Waals surface area contributed by atoms with Crippen LogP contribution >= 0.6 is 34.5 Å². The van der Waals surface area contributed by atoms with E-state index in [-0.39, 0.29) is 4.90 Å². The van der Waals surface area contributed by atoms with Gasteiger partial charge in [0.05, 0.1) is 35.2 Å². The molecule has 0 amide bonds. The van der Waals surface area contributed by atoms with Crippen LogP contribution in [0.3, 0.4) is 0 Å². The Kier molecular flexibility index (Phi) is 7.38. The molecule has 0 aliphatic carbocycles. The molecule has 0 radical (unpaired) electrons. The third-order valence-electron chi connectivity index (χ3n) is 5.74. The van der Waals surface area contributed by atoms with Crippen LogP contribution in [0.4, 0.5) is 5.13 Å². The van der Waals surface area contributed by atoms with Crippen LogP contribution in [-0.4, -0.2) is 46.0 Å². The molecular weight excluding hydrogens is 503 g/mol. The number of rotatable bonds is 7. The molecule has 0 atom stereocenters. The standard InChI is InChI=1S/C23H24Cl2N2O4S2/c1-30-17-4-6-22(21(13-17)31-2)33(28,29)18-7-9-27(10-8-18)23-26-16(14-32-23)11-15-3-5-19(24)20(25)12-15/h3-6,12-14,18H,7-11H2,1-2H3. The zero-order chi connectivity index (χ0) is 23.6. The Labute approximate surface area is 208 Å². The van der Waals surface area contributed by atoms with E-state index in [1.807, 2.05) is 17.5 Å². The van der Waals surface area contributed by atoms with Crippen LogP contribution in [0, 0.1) is 0 Å². The monoisotopic (exact) mass is 526 g/mol. The van der Waals surface area contributed by atoms with E-state index in [0.717, 1.165) is 16.4 Å². The molecule has 1 saturated heterocycles. The number of sulfone groups is 1. The Morgan fingerprint density at radius 2 is 1.82 bits per heavy atom. The van der Waals surface area contributed by atoms with Gasteiger partial charge in [-0.1, -0.05) is 29.3 Å². The molecule has 0 saturated carbocycles. The number of piperidine rings is 1. The summed E-state index contributed by atoms with van der Waals surface area (Å²) < 4.78 is 37.1. The highest BCUT2D eigenvalue weighted by Crippen LogP contribution is 2.35. The van der Waals surface area contributed by atoms with E-state index in [1.165, 1.54) is 14.2 Å². The largest absolute Gasteiger partial charge is 0.497 e. The van der Waals surface area contributed by atoms with E-state index in [9.17, 15) is 8.42 Å². The summed E-state index contributed by atoms with van der Waals surface area (Å²) in [5.74, 6) is 0.865. The van der Waals surface area contributed by atoms with Crippen molar-refractivity contribution >= 4 is 49.5 Å². The van der Waals surface area contributed by atoms with E-state index in [0.29, 0.717) is 53.9 Å². The summed E-state index contributed by atoms with van der Waals surface area (Å²) in [6.07, 6.45) is 1.72. The SMILES string of the molecule is COc1ccc(S(=O)(=O)C2CCN(c3nc(Cc4ccc(Cl)c(Cl)c4)cs3)CC2)c(OC)c1. The molecule has 0 unspecified atom stereocenters. The van der Waals surface area contributed by atoms with E-state index in [4.69, 9.17) is 37.7 Å². The van der Waals surface area contributed by atoms with Crippen molar-refractivity contribution in [2.45, 2.75) is 29.4 Å². The van der Waals surface area contributed by atoms with Crippen LogP contribution < -0.4 is 14.4 Å². The van der Waals surface area contributed by atoms with E-state index in [1.54, 1.807) is 35.6 Å². The maximum Gasteiger partial charge on any atom is 0.185 e. The summed E-state index contributed by atoms with van der Waals surface area (Å²) in [4.78, 5) is 7.12. The minimum absolute atomic E-state index is 0.211. The zero-order valence-corrected chi connectivity index (χ0v) is 21.4. The number of benzene rings is 2. The van der Waals surface area contributed by atoms with E-state index in [2.05, 4.69) is 4.90 Å². The number of halogens is 2. The first-order valence-corrected chi connectivity index (χ1v) is 13.6. The van der Waals surface area contributed by atoms with E-state index < -0.39 is 15.1 Å². The predicted molar refractivity (Wildman–Crippen MR) is 133 cm³/mol. The van der Waals surface area contributed by atoms with Gasteiger partial charge in [0.1, 0.15) is 16.4 Å². The Hall–Kier alpha value is -2.00. The van der Waals surface area contributed by atoms with Crippen LogP contribution in [0.15, 0.2) is 46.7 Å². The van der Waals surface area contributed by atoms with E-state index >= 15 is 0 Å². The van der Waals surface area contributed by atoms with Crippen molar-refractivity contribution in [1.29, 1.82) is 0 Å². The van der Waals surface area contributed by atoms with Crippen molar-refractivity contribution < 1.29 is 17.9 Å². The van der Waals surface area contributed by atoms with Gasteiger partial charge in [0.15, 0.2) is 15.0 Å². The third-order valence-corrected chi connectivity index (χ3v) is 9.73. The number of hydrogen-bond donors (Lipinski definition) is 0. The molecule has 1 aliphatic heterocycles. The highest BCUT2D eigenvalue weighted by atomic mass is 35.5. The minimum atomic E-state index is -3.53. The highest BCUT2D eigenvalue weighted by molar-refractivity contribution is 7.92. The van der Waals surface area contributed by atoms with Gasteiger partial charge in [-0.2, -0.15) is 0 Å². The van der Waals surface area contributed by atoms with Gasteiger partial charge in [-0.15, -0.1) is 11.3 Å². The van der Waals surface area contributed by atoms with Crippen molar-refractivity contribution in [3.8, 4) is 11.5 Å². The molecule has 2 heterocycles. The second kappa shape index (κ2) is 10.1. The molecule has 0 bridgehead atoms. The first-order chi connectivity index (χ1) is 15.8. The Morgan fingerprint density at radius 1 is 1.06 bits per heavy atom. The number of aromatic nitrogens is 1. The normalized spacial score (nSPS) is 15.0. The Bertz CT molecular complexity index is 1240. The quantitative estimate of drug-likeness (QED) is 0.404. The van der Waals surface area contributed by atoms with Crippen LogP contribution in [0.5, 0.6) is 11.5 Å². The van der Waals surface area contributed by atoms with Gasteiger partial charge in [-0.05, 0) is 42.7 Å². The fourth-order valence-corrected chi connectivity index (χ4v) is 7.00. The van der Waals surface area contributed by atoms with Gasteiger partial charge in [0.2, 0.25) is 0 Å². The molecule has 1 aromatic heterocycles. The molecule has 0 N–H and O–H groups in total. The number of methoxy groups -OCH3 is 2. The molecule has 33 heavy (non-hydrogen) atoms. The second-order valence-corrected chi connectivity index (χ2v) is 11.6. The summed E-state index contributed by atoms with van der Waals surface area (Å²) >= 11 is 13.7. The predicted octanol–water partition coefficient (Wildman–Crippen LogP) is 5.50. The van der Waals surface area contributed by atoms with Crippen LogP contribution in [0.2, 0.25) is 10.0 Å². The number of hydrogen-bond acceptors (Lipinski definition) is 7. The number of anilines is 1. The topological polar surface area (TPSA) is 68.7 Å². The second-order valence-electron chi connectivity index (χ2n) is 7.79. The molecule has 3 aromatic rings. The molecule has 6 nitrogen and oxygen atoms in total. The smallest absolute Gasteiger partial charge is 0.185 e. The Morgan fingerprint density at radius 3 is 2.48 bits per heavy atom. The first-order valence-electron chi connectivity index (χ1n) is 10.4. The molecular formula is C23H24Cl2N2O4S2. The van der Waals surface area contributed by atoms with Gasteiger partial charge < -0.3 is 14.4 Å². The lowest BCUT2D eigenvalue weighted by Crippen LogP contribution is -2.39. The lowest BCUT2D eigenvalue weighted by Gasteiger charge is -2.31. The summed E-state index contributed by atoms with van der Waals surface area (Å²) in [7, 11) is -0.524. The molecule has 1 fully saturated rings. The fraction of sp³-hybridized carbons (Fsp3) is 0.348. The minimum Gasteiger partial charge on any atom is -0.497 e. The molecule has 1 aliphatic rings. The maximum absolute atomic E-state index is 13.3. The number of ether oxygens (including phenoxy) is 2. The molecule has 0 spiro atoms. The zero-order valence-electron chi connectivity index (χ0n) is 18.3. The average molecular weight is 527 g/mol. The molecule has 176 valence electrons. The Balaban J connectivity index is 1.42. The van der Waals surface area contributed by atoms with Gasteiger partial charge in [-0.3, -0.25) is 0 Å². The van der Waals surface area contributed by atoms with Crippen molar-refractivity contribution in [3.63, 3.8) is 0 Å². The van der Waals surface area contributed by atoms with Gasteiger partial charge >= 0.3 is 0 Å². The number of nitrogens with zero attached hydrogens (tertiary/aromatic N) is 2. The van der Waals surface area contributed by atoms with Gasteiger partial charge in [0.25, 0.3) is 0 Å². The summed E-state index contributed by atoms with van der Waals surface area (Å²) in [5, 5.41) is 3.53. The van der Waals surface area contributed by atoms with Crippen molar-refractivity contribution in [2.75, 3.05) is 32.2 Å². The molecule has 2 aromatic carbocycles. The molecule has 4 rings (SSSR count). The molecule has 10 heteroatoms. The van der Waals surface area contributed by atoms with Gasteiger partial charge in [0, 0.05) is 31.0 Å². The van der Waals surface area contributed by atoms with Gasteiger partial charge in [-0.25, -0.2) is 13.4 Å². The van der Waals surface area contributed by atoms with Crippen molar-refractivity contribution in [2.24, 2.45) is 0 Å². The summed E-state index contributed by atoms with van der Waals surface area (Å²) in [5.41, 5.74) is 1.99. The maximum atomic E-state index is 13.3. The highest BCUT2D eigenvalue weighted by Gasteiger charge is 2.34. The fourth-order valence-electron chi connectivity index (χ4n) is 3.93. The first kappa shape index (κ1) is 24.1. The average Bonchev–Trinajstić information content (AvgIpc) is 3.29.